The number of aliphatic hydroxyl groups is 1. The van der Waals surface area contributed by atoms with Crippen molar-refractivity contribution < 1.29 is 5.11 Å². The minimum Gasteiger partial charge on any atom is -0.395 e. The lowest BCUT2D eigenvalue weighted by molar-refractivity contribution is 0.241. The summed E-state index contributed by atoms with van der Waals surface area (Å²) in [5, 5.41) is 16.5. The summed E-state index contributed by atoms with van der Waals surface area (Å²) in [7, 11) is 0. The second-order valence-corrected chi connectivity index (χ2v) is 5.58. The first kappa shape index (κ1) is 14.1. The SMILES string of the molecule is OC[C@@H](Cc1ccccc1)NCc1cccc2c1NCC2. The lowest BCUT2D eigenvalue weighted by Crippen LogP contribution is -2.34. The van der Waals surface area contributed by atoms with Gasteiger partial charge in [-0.1, -0.05) is 48.5 Å². The molecule has 0 unspecified atom stereocenters. The van der Waals surface area contributed by atoms with Crippen molar-refractivity contribution in [2.24, 2.45) is 0 Å². The molecule has 0 saturated carbocycles. The number of hydrogen-bond donors (Lipinski definition) is 3. The van der Waals surface area contributed by atoms with Gasteiger partial charge in [-0.2, -0.15) is 0 Å². The molecule has 0 amide bonds. The van der Waals surface area contributed by atoms with Crippen LogP contribution in [0, 0.1) is 0 Å². The molecule has 3 N–H and O–H groups in total. The van der Waals surface area contributed by atoms with Crippen molar-refractivity contribution in [2.75, 3.05) is 18.5 Å². The van der Waals surface area contributed by atoms with Crippen LogP contribution in [-0.4, -0.2) is 24.3 Å². The van der Waals surface area contributed by atoms with Crippen molar-refractivity contribution in [2.45, 2.75) is 25.4 Å². The van der Waals surface area contributed by atoms with Gasteiger partial charge in [-0.05, 0) is 29.5 Å². The van der Waals surface area contributed by atoms with Gasteiger partial charge in [-0.15, -0.1) is 0 Å². The molecular formula is C18H22N2O. The number of anilines is 1. The third-order valence-corrected chi connectivity index (χ3v) is 4.06. The van der Waals surface area contributed by atoms with E-state index in [2.05, 4.69) is 41.0 Å². The molecule has 3 heteroatoms. The van der Waals surface area contributed by atoms with Crippen LogP contribution in [0.2, 0.25) is 0 Å². The molecule has 1 atom stereocenters. The molecule has 0 spiro atoms. The Morgan fingerprint density at radius 3 is 2.76 bits per heavy atom. The van der Waals surface area contributed by atoms with Gasteiger partial charge in [0.05, 0.1) is 6.61 Å². The number of para-hydroxylation sites is 1. The third kappa shape index (κ3) is 3.43. The van der Waals surface area contributed by atoms with Crippen LogP contribution in [-0.2, 0) is 19.4 Å². The average Bonchev–Trinajstić information content (AvgIpc) is 3.01. The van der Waals surface area contributed by atoms with Gasteiger partial charge in [-0.3, -0.25) is 0 Å². The molecule has 2 aromatic rings. The molecule has 0 aliphatic carbocycles. The van der Waals surface area contributed by atoms with Crippen molar-refractivity contribution in [1.82, 2.24) is 5.32 Å². The van der Waals surface area contributed by atoms with Gasteiger partial charge in [-0.25, -0.2) is 0 Å². The molecule has 0 bridgehead atoms. The van der Waals surface area contributed by atoms with Crippen LogP contribution in [0.15, 0.2) is 48.5 Å². The van der Waals surface area contributed by atoms with Crippen molar-refractivity contribution in [1.29, 1.82) is 0 Å². The Morgan fingerprint density at radius 2 is 1.95 bits per heavy atom. The smallest absolute Gasteiger partial charge is 0.0587 e. The Hall–Kier alpha value is -1.84. The van der Waals surface area contributed by atoms with Gasteiger partial charge >= 0.3 is 0 Å². The van der Waals surface area contributed by atoms with E-state index >= 15 is 0 Å². The molecule has 3 nitrogen and oxygen atoms in total. The van der Waals surface area contributed by atoms with E-state index in [1.54, 1.807) is 0 Å². The first-order valence-corrected chi connectivity index (χ1v) is 7.59. The zero-order valence-corrected chi connectivity index (χ0v) is 12.2. The fourth-order valence-electron chi connectivity index (χ4n) is 2.91. The van der Waals surface area contributed by atoms with Crippen LogP contribution in [0.1, 0.15) is 16.7 Å². The second-order valence-electron chi connectivity index (χ2n) is 5.58. The maximum Gasteiger partial charge on any atom is 0.0587 e. The summed E-state index contributed by atoms with van der Waals surface area (Å²) in [6, 6.07) is 16.9. The van der Waals surface area contributed by atoms with Gasteiger partial charge < -0.3 is 15.7 Å². The Kier molecular flexibility index (Phi) is 4.53. The van der Waals surface area contributed by atoms with E-state index in [-0.39, 0.29) is 12.6 Å². The average molecular weight is 282 g/mol. The van der Waals surface area contributed by atoms with E-state index in [0.29, 0.717) is 0 Å². The first-order chi connectivity index (χ1) is 10.4. The zero-order valence-electron chi connectivity index (χ0n) is 12.2. The maximum atomic E-state index is 9.58. The van der Waals surface area contributed by atoms with Crippen molar-refractivity contribution in [3.05, 3.63) is 65.2 Å². The van der Waals surface area contributed by atoms with E-state index in [4.69, 9.17) is 0 Å². The fraction of sp³-hybridized carbons (Fsp3) is 0.333. The summed E-state index contributed by atoms with van der Waals surface area (Å²) >= 11 is 0. The van der Waals surface area contributed by atoms with Crippen molar-refractivity contribution in [3.8, 4) is 0 Å². The highest BCUT2D eigenvalue weighted by Crippen LogP contribution is 2.26. The van der Waals surface area contributed by atoms with Crippen molar-refractivity contribution in [3.63, 3.8) is 0 Å². The zero-order chi connectivity index (χ0) is 14.5. The maximum absolute atomic E-state index is 9.58. The number of rotatable bonds is 6. The predicted molar refractivity (Wildman–Crippen MR) is 86.5 cm³/mol. The molecule has 0 aromatic heterocycles. The Bertz CT molecular complexity index is 583. The van der Waals surface area contributed by atoms with Gasteiger partial charge in [0.15, 0.2) is 0 Å². The van der Waals surface area contributed by atoms with Crippen molar-refractivity contribution >= 4 is 5.69 Å². The topological polar surface area (TPSA) is 44.3 Å². The highest BCUT2D eigenvalue weighted by Gasteiger charge is 2.14. The highest BCUT2D eigenvalue weighted by molar-refractivity contribution is 5.61. The molecule has 1 aliphatic heterocycles. The largest absolute Gasteiger partial charge is 0.395 e. The molecule has 3 rings (SSSR count). The van der Waals surface area contributed by atoms with Crippen LogP contribution >= 0.6 is 0 Å². The summed E-state index contributed by atoms with van der Waals surface area (Å²) in [5.41, 5.74) is 5.22. The number of hydrogen-bond acceptors (Lipinski definition) is 3. The molecule has 0 saturated heterocycles. The normalized spacial score (nSPS) is 14.5. The summed E-state index contributed by atoms with van der Waals surface area (Å²) in [6.07, 6.45) is 1.95. The molecule has 1 heterocycles. The van der Waals surface area contributed by atoms with Crippen LogP contribution in [0.25, 0.3) is 0 Å². The van der Waals surface area contributed by atoms with Gasteiger partial charge in [0.1, 0.15) is 0 Å². The lowest BCUT2D eigenvalue weighted by atomic mass is 10.0. The molecule has 110 valence electrons. The second kappa shape index (κ2) is 6.74. The monoisotopic (exact) mass is 282 g/mol. The standard InChI is InChI=1S/C18H22N2O/c21-13-17(11-14-5-2-1-3-6-14)20-12-16-8-4-7-15-9-10-19-18(15)16/h1-8,17,19-21H,9-13H2/t17-/m1/s1. The van der Waals surface area contributed by atoms with Gasteiger partial charge in [0.2, 0.25) is 0 Å². The Labute approximate surface area is 126 Å². The fourth-order valence-corrected chi connectivity index (χ4v) is 2.91. The Morgan fingerprint density at radius 1 is 1.10 bits per heavy atom. The van der Waals surface area contributed by atoms with E-state index in [9.17, 15) is 5.11 Å². The summed E-state index contributed by atoms with van der Waals surface area (Å²) < 4.78 is 0. The van der Waals surface area contributed by atoms with Crippen LogP contribution < -0.4 is 10.6 Å². The predicted octanol–water partition coefficient (Wildman–Crippen LogP) is 2.35. The molecular weight excluding hydrogens is 260 g/mol. The van der Waals surface area contributed by atoms with Crippen LogP contribution in [0.3, 0.4) is 0 Å². The summed E-state index contributed by atoms with van der Waals surface area (Å²) in [5.74, 6) is 0. The third-order valence-electron chi connectivity index (χ3n) is 4.06. The Balaban J connectivity index is 1.62. The number of benzene rings is 2. The highest BCUT2D eigenvalue weighted by atomic mass is 16.3. The van der Waals surface area contributed by atoms with E-state index < -0.39 is 0 Å². The molecule has 2 aromatic carbocycles. The quantitative estimate of drug-likeness (QED) is 0.762. The first-order valence-electron chi connectivity index (χ1n) is 7.59. The number of aliphatic hydroxyl groups excluding tert-OH is 1. The van der Waals surface area contributed by atoms with Crippen LogP contribution in [0.4, 0.5) is 5.69 Å². The lowest BCUT2D eigenvalue weighted by Gasteiger charge is -2.18. The minimum absolute atomic E-state index is 0.0876. The van der Waals surface area contributed by atoms with E-state index in [1.807, 2.05) is 18.2 Å². The number of nitrogens with one attached hydrogen (secondary N) is 2. The van der Waals surface area contributed by atoms with Gasteiger partial charge in [0.25, 0.3) is 0 Å². The molecule has 21 heavy (non-hydrogen) atoms. The van der Waals surface area contributed by atoms with E-state index in [0.717, 1.165) is 25.9 Å². The van der Waals surface area contributed by atoms with E-state index in [1.165, 1.54) is 22.4 Å². The van der Waals surface area contributed by atoms with Gasteiger partial charge in [0, 0.05) is 24.8 Å². The molecule has 0 radical (unpaired) electrons. The summed E-state index contributed by atoms with van der Waals surface area (Å²) in [4.78, 5) is 0. The molecule has 1 aliphatic rings. The molecule has 0 fully saturated rings. The number of fused-ring (bicyclic) bond motifs is 1. The summed E-state index contributed by atoms with van der Waals surface area (Å²) in [6.45, 7) is 1.96. The minimum atomic E-state index is 0.0876. The van der Waals surface area contributed by atoms with Crippen LogP contribution in [0.5, 0.6) is 0 Å².